The Balaban J connectivity index is 4.18. The normalized spacial score (nSPS) is 12.1. The molecule has 76 heavy (non-hydrogen) atoms. The van der Waals surface area contributed by atoms with Crippen molar-refractivity contribution < 1.29 is 28.6 Å². The van der Waals surface area contributed by atoms with Crippen LogP contribution >= 0.6 is 0 Å². The summed E-state index contributed by atoms with van der Waals surface area (Å²) >= 11 is 0. The summed E-state index contributed by atoms with van der Waals surface area (Å²) in [6, 6.07) is 0. The van der Waals surface area contributed by atoms with Gasteiger partial charge in [-0.1, -0.05) is 328 Å². The molecule has 0 amide bonds. The predicted octanol–water partition coefficient (Wildman–Crippen LogP) is 23.4. The summed E-state index contributed by atoms with van der Waals surface area (Å²) in [4.78, 5) is 38.3. The van der Waals surface area contributed by atoms with Crippen LogP contribution in [0, 0.1) is 0 Å². The first kappa shape index (κ1) is 73.9. The number of allylic oxidation sites excluding steroid dienone is 4. The van der Waals surface area contributed by atoms with Crippen molar-refractivity contribution in [3.63, 3.8) is 0 Å². The molecule has 0 aliphatic rings. The number of unbranched alkanes of at least 4 members (excludes halogenated alkanes) is 49. The summed E-state index contributed by atoms with van der Waals surface area (Å²) in [5, 5.41) is 0. The summed E-state index contributed by atoms with van der Waals surface area (Å²) in [6.07, 6.45) is 79.3. The standard InChI is InChI=1S/C70H132O6/c1-4-7-10-13-16-19-22-24-26-28-30-32-34-35-36-38-39-41-43-45-48-51-54-57-60-63-69(72)75-66-67(65-74-68(71)62-59-56-53-50-47-21-18-15-12-9-6-3)76-70(73)64-61-58-55-52-49-46-44-42-40-37-33-31-29-27-25-23-20-17-14-11-8-5-2/h15,18,28,30,67H,4-14,16-17,19-27,29,31-66H2,1-3H3/b18-15-,30-28-. The lowest BCUT2D eigenvalue weighted by Crippen LogP contribution is -2.30. The van der Waals surface area contributed by atoms with E-state index in [4.69, 9.17) is 14.2 Å². The molecular formula is C70H132O6. The smallest absolute Gasteiger partial charge is 0.306 e. The molecule has 0 aromatic heterocycles. The number of esters is 3. The Morgan fingerprint density at radius 1 is 0.250 bits per heavy atom. The Kier molecular flexibility index (Phi) is 63.6. The highest BCUT2D eigenvalue weighted by Crippen LogP contribution is 2.18. The molecule has 0 aromatic carbocycles. The highest BCUT2D eigenvalue weighted by Gasteiger charge is 2.19. The molecule has 0 rings (SSSR count). The average Bonchev–Trinajstić information content (AvgIpc) is 3.42. The molecule has 0 saturated carbocycles. The molecule has 6 heteroatoms. The topological polar surface area (TPSA) is 78.9 Å². The van der Waals surface area contributed by atoms with Crippen LogP contribution in [0.5, 0.6) is 0 Å². The Bertz CT molecular complexity index is 1230. The van der Waals surface area contributed by atoms with E-state index in [0.717, 1.165) is 64.2 Å². The number of ether oxygens (including phenoxy) is 3. The zero-order chi connectivity index (χ0) is 55.0. The van der Waals surface area contributed by atoms with Crippen molar-refractivity contribution in [3.05, 3.63) is 24.3 Å². The van der Waals surface area contributed by atoms with Crippen molar-refractivity contribution in [2.24, 2.45) is 0 Å². The van der Waals surface area contributed by atoms with Gasteiger partial charge in [-0.25, -0.2) is 0 Å². The van der Waals surface area contributed by atoms with E-state index < -0.39 is 6.10 Å². The van der Waals surface area contributed by atoms with Gasteiger partial charge in [-0.05, 0) is 64.2 Å². The third kappa shape index (κ3) is 62.7. The maximum Gasteiger partial charge on any atom is 0.306 e. The van der Waals surface area contributed by atoms with Crippen LogP contribution in [0.4, 0.5) is 0 Å². The van der Waals surface area contributed by atoms with Crippen molar-refractivity contribution >= 4 is 17.9 Å². The molecule has 6 nitrogen and oxygen atoms in total. The van der Waals surface area contributed by atoms with Crippen molar-refractivity contribution in [2.75, 3.05) is 13.2 Å². The largest absolute Gasteiger partial charge is 0.462 e. The Hall–Kier alpha value is -2.11. The molecule has 0 aromatic rings. The third-order valence-electron chi connectivity index (χ3n) is 15.7. The minimum Gasteiger partial charge on any atom is -0.462 e. The molecule has 0 bridgehead atoms. The fourth-order valence-corrected chi connectivity index (χ4v) is 10.5. The molecule has 0 saturated heterocycles. The van der Waals surface area contributed by atoms with Gasteiger partial charge in [0.2, 0.25) is 0 Å². The lowest BCUT2D eigenvalue weighted by molar-refractivity contribution is -0.167. The van der Waals surface area contributed by atoms with E-state index >= 15 is 0 Å². The number of rotatable bonds is 64. The fraction of sp³-hybridized carbons (Fsp3) is 0.900. The first-order chi connectivity index (χ1) is 37.5. The Morgan fingerprint density at radius 2 is 0.447 bits per heavy atom. The first-order valence-electron chi connectivity index (χ1n) is 34.3. The predicted molar refractivity (Wildman–Crippen MR) is 330 cm³/mol. The van der Waals surface area contributed by atoms with Crippen LogP contribution in [0.2, 0.25) is 0 Å². The number of carbonyl (C=O) groups is 3. The molecule has 0 N–H and O–H groups in total. The molecule has 0 radical (unpaired) electrons. The zero-order valence-corrected chi connectivity index (χ0v) is 51.6. The van der Waals surface area contributed by atoms with Crippen LogP contribution in [0.15, 0.2) is 24.3 Å². The maximum atomic E-state index is 12.9. The monoisotopic (exact) mass is 1070 g/mol. The molecule has 1 atom stereocenters. The SMILES string of the molecule is CCCC/C=C\CCCCCCCC(=O)OCC(COC(=O)CCCCCCCCCCCCCCC/C=C\CCCCCCCCCC)OC(=O)CCCCCCCCCCCCCCCCCCCCCCCC. The highest BCUT2D eigenvalue weighted by atomic mass is 16.6. The first-order valence-corrected chi connectivity index (χ1v) is 34.3. The summed E-state index contributed by atoms with van der Waals surface area (Å²) in [5.74, 6) is -0.850. The fourth-order valence-electron chi connectivity index (χ4n) is 10.5. The lowest BCUT2D eigenvalue weighted by Gasteiger charge is -2.18. The molecule has 0 aliphatic carbocycles. The third-order valence-corrected chi connectivity index (χ3v) is 15.7. The summed E-state index contributed by atoms with van der Waals surface area (Å²) in [7, 11) is 0. The van der Waals surface area contributed by atoms with Gasteiger partial charge in [0.25, 0.3) is 0 Å². The summed E-state index contributed by atoms with van der Waals surface area (Å²) < 4.78 is 16.9. The molecule has 1 unspecified atom stereocenters. The lowest BCUT2D eigenvalue weighted by atomic mass is 10.0. The molecule has 448 valence electrons. The van der Waals surface area contributed by atoms with Crippen LogP contribution in [0.1, 0.15) is 387 Å². The van der Waals surface area contributed by atoms with Crippen LogP contribution < -0.4 is 0 Å². The second kappa shape index (κ2) is 65.4. The quantitative estimate of drug-likeness (QED) is 0.0261. The van der Waals surface area contributed by atoms with E-state index in [9.17, 15) is 14.4 Å². The van der Waals surface area contributed by atoms with E-state index in [1.165, 1.54) is 283 Å². The van der Waals surface area contributed by atoms with Gasteiger partial charge in [0, 0.05) is 19.3 Å². The van der Waals surface area contributed by atoms with Crippen molar-refractivity contribution in [1.29, 1.82) is 0 Å². The molecule has 0 spiro atoms. The van der Waals surface area contributed by atoms with Crippen LogP contribution in [0.3, 0.4) is 0 Å². The molecule has 0 fully saturated rings. The number of hydrogen-bond acceptors (Lipinski definition) is 6. The van der Waals surface area contributed by atoms with Gasteiger partial charge in [-0.15, -0.1) is 0 Å². The minimum atomic E-state index is -0.771. The number of hydrogen-bond donors (Lipinski definition) is 0. The van der Waals surface area contributed by atoms with Gasteiger partial charge in [0.1, 0.15) is 13.2 Å². The van der Waals surface area contributed by atoms with Gasteiger partial charge in [-0.3, -0.25) is 14.4 Å². The maximum absolute atomic E-state index is 12.9. The Morgan fingerprint density at radius 3 is 0.697 bits per heavy atom. The van der Waals surface area contributed by atoms with Gasteiger partial charge < -0.3 is 14.2 Å². The van der Waals surface area contributed by atoms with Gasteiger partial charge in [-0.2, -0.15) is 0 Å². The van der Waals surface area contributed by atoms with Gasteiger partial charge >= 0.3 is 17.9 Å². The van der Waals surface area contributed by atoms with Crippen LogP contribution in [-0.2, 0) is 28.6 Å². The molecular weight excluding hydrogens is 937 g/mol. The van der Waals surface area contributed by atoms with Gasteiger partial charge in [0.15, 0.2) is 6.10 Å². The second-order valence-electron chi connectivity index (χ2n) is 23.4. The van der Waals surface area contributed by atoms with Crippen molar-refractivity contribution in [1.82, 2.24) is 0 Å². The molecule has 0 heterocycles. The van der Waals surface area contributed by atoms with Crippen LogP contribution in [0.25, 0.3) is 0 Å². The Labute approximate surface area is 474 Å². The van der Waals surface area contributed by atoms with Crippen LogP contribution in [-0.4, -0.2) is 37.2 Å². The van der Waals surface area contributed by atoms with E-state index in [2.05, 4.69) is 45.1 Å². The summed E-state index contributed by atoms with van der Waals surface area (Å²) in [6.45, 7) is 6.67. The molecule has 0 aliphatic heterocycles. The van der Waals surface area contributed by atoms with Crippen molar-refractivity contribution in [2.45, 2.75) is 393 Å². The van der Waals surface area contributed by atoms with E-state index in [1.807, 2.05) is 0 Å². The second-order valence-corrected chi connectivity index (χ2v) is 23.4. The van der Waals surface area contributed by atoms with Crippen molar-refractivity contribution in [3.8, 4) is 0 Å². The summed E-state index contributed by atoms with van der Waals surface area (Å²) in [5.41, 5.74) is 0. The van der Waals surface area contributed by atoms with E-state index in [-0.39, 0.29) is 31.1 Å². The van der Waals surface area contributed by atoms with E-state index in [0.29, 0.717) is 19.3 Å². The zero-order valence-electron chi connectivity index (χ0n) is 51.6. The minimum absolute atomic E-state index is 0.0686. The number of carbonyl (C=O) groups excluding carboxylic acids is 3. The average molecular weight is 1070 g/mol. The van der Waals surface area contributed by atoms with Gasteiger partial charge in [0.05, 0.1) is 0 Å². The van der Waals surface area contributed by atoms with E-state index in [1.54, 1.807) is 0 Å². The highest BCUT2D eigenvalue weighted by molar-refractivity contribution is 5.71.